The third kappa shape index (κ3) is 3.50. The topological polar surface area (TPSA) is 98.4 Å². The average Bonchev–Trinajstić information content (AvgIpc) is 3.28. The Bertz CT molecular complexity index is 1220. The number of rotatable bonds is 5. The van der Waals surface area contributed by atoms with Crippen molar-refractivity contribution < 1.29 is 13.9 Å². The maximum Gasteiger partial charge on any atom is 0.194 e. The van der Waals surface area contributed by atoms with Crippen LogP contribution in [0.1, 0.15) is 12.8 Å². The maximum atomic E-state index is 6.38. The zero-order chi connectivity index (χ0) is 20.6. The highest BCUT2D eigenvalue weighted by Gasteiger charge is 2.32. The summed E-state index contributed by atoms with van der Waals surface area (Å²) in [4.78, 5) is 19.9. The SMILES string of the molecule is c1cnc2c(OC3CC(Nc4ncnc5ccoc45)C3)cc(N3CCOCC3)cc2n1. The van der Waals surface area contributed by atoms with Crippen molar-refractivity contribution in [3.63, 3.8) is 0 Å². The van der Waals surface area contributed by atoms with Crippen LogP contribution in [-0.4, -0.2) is 58.4 Å². The lowest BCUT2D eigenvalue weighted by Crippen LogP contribution is -2.42. The monoisotopic (exact) mass is 418 g/mol. The summed E-state index contributed by atoms with van der Waals surface area (Å²) in [5.41, 5.74) is 4.23. The fraction of sp³-hybridized carbons (Fsp3) is 0.364. The van der Waals surface area contributed by atoms with Gasteiger partial charge in [0.25, 0.3) is 0 Å². The minimum absolute atomic E-state index is 0.108. The highest BCUT2D eigenvalue weighted by molar-refractivity contribution is 5.85. The summed E-state index contributed by atoms with van der Waals surface area (Å²) < 4.78 is 17.4. The van der Waals surface area contributed by atoms with Gasteiger partial charge < -0.3 is 24.1 Å². The number of nitrogens with one attached hydrogen (secondary N) is 1. The Labute approximate surface area is 178 Å². The summed E-state index contributed by atoms with van der Waals surface area (Å²) >= 11 is 0. The Hall–Kier alpha value is -3.46. The molecule has 0 atom stereocenters. The van der Waals surface area contributed by atoms with Gasteiger partial charge in [-0.15, -0.1) is 0 Å². The highest BCUT2D eigenvalue weighted by Crippen LogP contribution is 2.35. The van der Waals surface area contributed by atoms with Gasteiger partial charge in [-0.3, -0.25) is 4.98 Å². The van der Waals surface area contributed by atoms with Crippen molar-refractivity contribution in [1.82, 2.24) is 19.9 Å². The number of ether oxygens (including phenoxy) is 2. The van der Waals surface area contributed by atoms with E-state index in [0.717, 1.165) is 72.9 Å². The van der Waals surface area contributed by atoms with Crippen LogP contribution in [-0.2, 0) is 4.74 Å². The van der Waals surface area contributed by atoms with E-state index in [4.69, 9.17) is 13.9 Å². The zero-order valence-corrected chi connectivity index (χ0v) is 16.9. The molecule has 1 aliphatic heterocycles. The molecule has 1 aliphatic carbocycles. The fourth-order valence-electron chi connectivity index (χ4n) is 4.17. The molecule has 1 N–H and O–H groups in total. The number of nitrogens with zero attached hydrogens (tertiary/aromatic N) is 5. The van der Waals surface area contributed by atoms with Crippen LogP contribution in [0.15, 0.2) is 47.6 Å². The molecule has 0 unspecified atom stereocenters. The van der Waals surface area contributed by atoms with E-state index in [2.05, 4.69) is 42.3 Å². The molecule has 31 heavy (non-hydrogen) atoms. The van der Waals surface area contributed by atoms with Gasteiger partial charge in [0.2, 0.25) is 0 Å². The average molecular weight is 418 g/mol. The van der Waals surface area contributed by atoms with Crippen molar-refractivity contribution in [1.29, 1.82) is 0 Å². The molecule has 4 aromatic rings. The number of anilines is 2. The second kappa shape index (κ2) is 7.66. The molecule has 4 heterocycles. The quantitative estimate of drug-likeness (QED) is 0.524. The van der Waals surface area contributed by atoms with Gasteiger partial charge in [0.1, 0.15) is 29.2 Å². The molecular formula is C22H22N6O3. The fourth-order valence-corrected chi connectivity index (χ4v) is 4.17. The molecule has 0 bridgehead atoms. The van der Waals surface area contributed by atoms with Crippen LogP contribution in [0.4, 0.5) is 11.5 Å². The maximum absolute atomic E-state index is 6.38. The summed E-state index contributed by atoms with van der Waals surface area (Å²) in [6, 6.07) is 6.27. The molecule has 1 aromatic carbocycles. The Morgan fingerprint density at radius 2 is 1.87 bits per heavy atom. The lowest BCUT2D eigenvalue weighted by molar-refractivity contribution is 0.109. The van der Waals surface area contributed by atoms with Crippen LogP contribution in [0, 0.1) is 0 Å². The van der Waals surface area contributed by atoms with Gasteiger partial charge in [-0.05, 0) is 6.07 Å². The van der Waals surface area contributed by atoms with Gasteiger partial charge in [-0.2, -0.15) is 0 Å². The molecule has 0 amide bonds. The van der Waals surface area contributed by atoms with Gasteiger partial charge in [0.15, 0.2) is 11.4 Å². The summed E-state index contributed by atoms with van der Waals surface area (Å²) in [5.74, 6) is 1.51. The number of fused-ring (bicyclic) bond motifs is 2. The summed E-state index contributed by atoms with van der Waals surface area (Å²) in [7, 11) is 0. The molecule has 2 fully saturated rings. The van der Waals surface area contributed by atoms with E-state index in [1.165, 1.54) is 0 Å². The third-order valence-electron chi connectivity index (χ3n) is 5.87. The number of hydrogen-bond donors (Lipinski definition) is 1. The van der Waals surface area contributed by atoms with Crippen LogP contribution in [0.3, 0.4) is 0 Å². The normalized spacial score (nSPS) is 21.2. The number of morpholine rings is 1. The molecule has 1 saturated carbocycles. The van der Waals surface area contributed by atoms with Crippen molar-refractivity contribution >= 4 is 33.6 Å². The smallest absolute Gasteiger partial charge is 0.194 e. The zero-order valence-electron chi connectivity index (χ0n) is 16.9. The molecule has 1 saturated heterocycles. The van der Waals surface area contributed by atoms with E-state index in [1.54, 1.807) is 25.0 Å². The van der Waals surface area contributed by atoms with Crippen LogP contribution >= 0.6 is 0 Å². The molecule has 9 nitrogen and oxygen atoms in total. The molecule has 0 spiro atoms. The van der Waals surface area contributed by atoms with Crippen molar-refractivity contribution in [2.75, 3.05) is 36.5 Å². The van der Waals surface area contributed by atoms with Crippen LogP contribution in [0.5, 0.6) is 5.75 Å². The minimum Gasteiger partial charge on any atom is -0.488 e. The van der Waals surface area contributed by atoms with Gasteiger partial charge in [0, 0.05) is 62.2 Å². The predicted octanol–water partition coefficient (Wildman–Crippen LogP) is 3.02. The first-order chi connectivity index (χ1) is 15.3. The first-order valence-electron chi connectivity index (χ1n) is 10.5. The van der Waals surface area contributed by atoms with E-state index in [0.29, 0.717) is 5.58 Å². The molecule has 0 radical (unpaired) electrons. The second-order valence-corrected chi connectivity index (χ2v) is 7.88. The van der Waals surface area contributed by atoms with Gasteiger partial charge in [-0.25, -0.2) is 15.0 Å². The van der Waals surface area contributed by atoms with E-state index in [1.807, 2.05) is 6.07 Å². The third-order valence-corrected chi connectivity index (χ3v) is 5.87. The minimum atomic E-state index is 0.108. The summed E-state index contributed by atoms with van der Waals surface area (Å²) in [6.45, 7) is 3.19. The van der Waals surface area contributed by atoms with E-state index in [9.17, 15) is 0 Å². The predicted molar refractivity (Wildman–Crippen MR) is 115 cm³/mol. The Morgan fingerprint density at radius 3 is 2.77 bits per heavy atom. The molecule has 2 aliphatic rings. The molecular weight excluding hydrogens is 396 g/mol. The van der Waals surface area contributed by atoms with Crippen molar-refractivity contribution in [2.24, 2.45) is 0 Å². The lowest BCUT2D eigenvalue weighted by Gasteiger charge is -2.36. The standard InChI is InChI=1S/C22H22N6O3/c1-6-30-21-17(1)25-13-26-22(21)27-14-9-16(10-14)31-19-12-15(28-4-7-29-8-5-28)11-18-20(19)24-3-2-23-18/h1-3,6,11-14,16H,4-5,7-10H2,(H,25,26,27). The van der Waals surface area contributed by atoms with Crippen LogP contribution in [0.25, 0.3) is 22.1 Å². The van der Waals surface area contributed by atoms with Crippen molar-refractivity contribution in [2.45, 2.75) is 25.0 Å². The summed E-state index contributed by atoms with van der Waals surface area (Å²) in [6.07, 6.45) is 8.45. The first-order valence-corrected chi connectivity index (χ1v) is 10.5. The Balaban J connectivity index is 1.18. The largest absolute Gasteiger partial charge is 0.488 e. The van der Waals surface area contributed by atoms with Gasteiger partial charge in [-0.1, -0.05) is 0 Å². The van der Waals surface area contributed by atoms with E-state index < -0.39 is 0 Å². The molecule has 158 valence electrons. The molecule has 6 rings (SSSR count). The number of hydrogen-bond acceptors (Lipinski definition) is 9. The highest BCUT2D eigenvalue weighted by atomic mass is 16.5. The lowest BCUT2D eigenvalue weighted by atomic mass is 9.89. The number of aromatic nitrogens is 4. The summed E-state index contributed by atoms with van der Waals surface area (Å²) in [5, 5.41) is 3.45. The van der Waals surface area contributed by atoms with Gasteiger partial charge in [0.05, 0.1) is 25.0 Å². The van der Waals surface area contributed by atoms with Crippen molar-refractivity contribution in [3.05, 3.63) is 43.2 Å². The second-order valence-electron chi connectivity index (χ2n) is 7.88. The van der Waals surface area contributed by atoms with Crippen LogP contribution in [0.2, 0.25) is 0 Å². The molecule has 3 aromatic heterocycles. The number of furan rings is 1. The first kappa shape index (κ1) is 18.3. The van der Waals surface area contributed by atoms with Gasteiger partial charge >= 0.3 is 0 Å². The number of benzene rings is 1. The van der Waals surface area contributed by atoms with Crippen LogP contribution < -0.4 is 15.0 Å². The van der Waals surface area contributed by atoms with E-state index in [-0.39, 0.29) is 12.1 Å². The Kier molecular flexibility index (Phi) is 4.53. The molecule has 9 heteroatoms. The van der Waals surface area contributed by atoms with E-state index >= 15 is 0 Å². The van der Waals surface area contributed by atoms with Crippen molar-refractivity contribution in [3.8, 4) is 5.75 Å². The Morgan fingerprint density at radius 1 is 1.00 bits per heavy atom.